The Bertz CT molecular complexity index is 1060. The average molecular weight is 507 g/mol. The van der Waals surface area contributed by atoms with Gasteiger partial charge < -0.3 is 11.1 Å². The Morgan fingerprint density at radius 1 is 1.12 bits per heavy atom. The summed E-state index contributed by atoms with van der Waals surface area (Å²) in [7, 11) is 0. The van der Waals surface area contributed by atoms with Crippen LogP contribution in [0.15, 0.2) is 42.5 Å². The Balaban J connectivity index is 1.45. The molecular formula is C26H30Cl3N3O. The summed E-state index contributed by atoms with van der Waals surface area (Å²) in [5, 5.41) is 5.42. The molecule has 1 fully saturated rings. The van der Waals surface area contributed by atoms with E-state index in [9.17, 15) is 4.79 Å². The molecule has 3 atom stereocenters. The van der Waals surface area contributed by atoms with Crippen LogP contribution >= 0.6 is 34.8 Å². The fraction of sp³-hybridized carbons (Fsp3) is 0.423. The Morgan fingerprint density at radius 2 is 1.94 bits per heavy atom. The van der Waals surface area contributed by atoms with Gasteiger partial charge in [0.05, 0.1) is 16.8 Å². The lowest BCUT2D eigenvalue weighted by Gasteiger charge is -2.38. The molecule has 0 saturated heterocycles. The van der Waals surface area contributed by atoms with E-state index in [0.717, 1.165) is 56.4 Å². The van der Waals surface area contributed by atoms with Crippen LogP contribution in [0.4, 0.5) is 5.69 Å². The molecule has 1 aliphatic heterocycles. The fourth-order valence-corrected chi connectivity index (χ4v) is 5.78. The van der Waals surface area contributed by atoms with Gasteiger partial charge in [-0.25, -0.2) is 0 Å². The maximum atomic E-state index is 11.6. The van der Waals surface area contributed by atoms with Crippen molar-refractivity contribution < 1.29 is 4.79 Å². The van der Waals surface area contributed by atoms with Crippen LogP contribution < -0.4 is 11.1 Å². The third-order valence-electron chi connectivity index (χ3n) is 6.94. The minimum absolute atomic E-state index is 0.0233. The summed E-state index contributed by atoms with van der Waals surface area (Å²) < 4.78 is 0. The van der Waals surface area contributed by atoms with E-state index in [0.29, 0.717) is 21.1 Å². The first-order valence-electron chi connectivity index (χ1n) is 11.6. The number of nitrogens with one attached hydrogen (secondary N) is 1. The van der Waals surface area contributed by atoms with Gasteiger partial charge in [0.2, 0.25) is 5.91 Å². The van der Waals surface area contributed by atoms with Crippen LogP contribution in [0.5, 0.6) is 0 Å². The largest absolute Gasteiger partial charge is 0.377 e. The molecule has 3 unspecified atom stereocenters. The average Bonchev–Trinajstić information content (AvgIpc) is 2.80. The second-order valence-electron chi connectivity index (χ2n) is 9.12. The molecule has 2 aromatic carbocycles. The van der Waals surface area contributed by atoms with Crippen LogP contribution in [-0.2, 0) is 4.79 Å². The summed E-state index contributed by atoms with van der Waals surface area (Å²) in [6, 6.07) is 12.1. The molecule has 1 aliphatic carbocycles. The summed E-state index contributed by atoms with van der Waals surface area (Å²) in [5.41, 5.74) is 9.92. The van der Waals surface area contributed by atoms with Gasteiger partial charge in [0, 0.05) is 35.1 Å². The van der Waals surface area contributed by atoms with Gasteiger partial charge in [-0.1, -0.05) is 59.4 Å². The second kappa shape index (κ2) is 10.7. The standard InChI is InChI=1S/C26H30Cl3N3O/c1-16(22-7-6-20(27)15-24(22)29)31-25-14-18(5-8-23(25)28)17-9-11-32(12-10-17)21-4-2-3-19(13-21)26(30)33/h5-9,14-16,19,21,31H,2-4,10-13H2,1H3,(H2,30,33). The highest BCUT2D eigenvalue weighted by molar-refractivity contribution is 6.35. The Morgan fingerprint density at radius 3 is 2.64 bits per heavy atom. The third-order valence-corrected chi connectivity index (χ3v) is 7.84. The van der Waals surface area contributed by atoms with Gasteiger partial charge in [0.15, 0.2) is 0 Å². The smallest absolute Gasteiger partial charge is 0.220 e. The normalized spacial score (nSPS) is 22.5. The first-order valence-corrected chi connectivity index (χ1v) is 12.7. The van der Waals surface area contributed by atoms with Crippen LogP contribution in [0.2, 0.25) is 15.1 Å². The number of hydrogen-bond donors (Lipinski definition) is 2. The van der Waals surface area contributed by atoms with Gasteiger partial charge in [0.1, 0.15) is 0 Å². The number of nitrogens with zero attached hydrogens (tertiary/aromatic N) is 1. The highest BCUT2D eigenvalue weighted by Crippen LogP contribution is 2.35. The molecule has 0 bridgehead atoms. The van der Waals surface area contributed by atoms with Crippen molar-refractivity contribution in [1.29, 1.82) is 0 Å². The van der Waals surface area contributed by atoms with Gasteiger partial charge in [-0.05, 0) is 73.6 Å². The first-order chi connectivity index (χ1) is 15.8. The zero-order chi connectivity index (χ0) is 23.5. The van der Waals surface area contributed by atoms with Gasteiger partial charge in [-0.2, -0.15) is 0 Å². The van der Waals surface area contributed by atoms with Crippen LogP contribution in [-0.4, -0.2) is 29.9 Å². The van der Waals surface area contributed by atoms with Gasteiger partial charge in [-0.3, -0.25) is 9.69 Å². The van der Waals surface area contributed by atoms with Crippen LogP contribution in [0, 0.1) is 5.92 Å². The number of carbonyl (C=O) groups excluding carboxylic acids is 1. The van der Waals surface area contributed by atoms with Crippen molar-refractivity contribution in [2.24, 2.45) is 11.7 Å². The molecule has 2 aromatic rings. The minimum atomic E-state index is -0.150. The molecular weight excluding hydrogens is 477 g/mol. The molecule has 2 aliphatic rings. The molecule has 0 spiro atoms. The van der Waals surface area contributed by atoms with Crippen LogP contribution in [0.1, 0.15) is 56.2 Å². The molecule has 0 aromatic heterocycles. The van der Waals surface area contributed by atoms with Crippen molar-refractivity contribution in [2.45, 2.75) is 51.1 Å². The summed E-state index contributed by atoms with van der Waals surface area (Å²) in [5.74, 6) is -0.126. The van der Waals surface area contributed by atoms with Crippen molar-refractivity contribution in [1.82, 2.24) is 4.90 Å². The number of halogens is 3. The number of amides is 1. The summed E-state index contributed by atoms with van der Waals surface area (Å²) in [6.07, 6.45) is 7.32. The number of anilines is 1. The monoisotopic (exact) mass is 505 g/mol. The molecule has 4 nitrogen and oxygen atoms in total. The lowest BCUT2D eigenvalue weighted by atomic mass is 9.84. The molecule has 0 radical (unpaired) electrons. The van der Waals surface area contributed by atoms with Gasteiger partial charge >= 0.3 is 0 Å². The van der Waals surface area contributed by atoms with Crippen molar-refractivity contribution in [2.75, 3.05) is 18.4 Å². The Labute approximate surface area is 211 Å². The zero-order valence-electron chi connectivity index (χ0n) is 18.8. The summed E-state index contributed by atoms with van der Waals surface area (Å²) in [6.45, 7) is 3.94. The van der Waals surface area contributed by atoms with Crippen molar-refractivity contribution in [3.8, 4) is 0 Å². The predicted molar refractivity (Wildman–Crippen MR) is 139 cm³/mol. The van der Waals surface area contributed by atoms with Crippen molar-refractivity contribution in [3.05, 3.63) is 68.7 Å². The number of nitrogens with two attached hydrogens (primary N) is 1. The Hall–Kier alpha value is -1.72. The molecule has 33 heavy (non-hydrogen) atoms. The summed E-state index contributed by atoms with van der Waals surface area (Å²) >= 11 is 18.9. The predicted octanol–water partition coefficient (Wildman–Crippen LogP) is 6.95. The molecule has 1 heterocycles. The second-order valence-corrected chi connectivity index (χ2v) is 10.4. The van der Waals surface area contributed by atoms with E-state index < -0.39 is 0 Å². The van der Waals surface area contributed by atoms with E-state index in [4.69, 9.17) is 40.5 Å². The lowest BCUT2D eigenvalue weighted by molar-refractivity contribution is -0.123. The zero-order valence-corrected chi connectivity index (χ0v) is 21.1. The summed E-state index contributed by atoms with van der Waals surface area (Å²) in [4.78, 5) is 14.1. The molecule has 3 N–H and O–H groups in total. The van der Waals surface area contributed by atoms with E-state index in [-0.39, 0.29) is 17.9 Å². The van der Waals surface area contributed by atoms with Gasteiger partial charge in [0.25, 0.3) is 0 Å². The van der Waals surface area contributed by atoms with Gasteiger partial charge in [-0.15, -0.1) is 0 Å². The maximum Gasteiger partial charge on any atom is 0.220 e. The van der Waals surface area contributed by atoms with Crippen LogP contribution in [0.3, 0.4) is 0 Å². The third kappa shape index (κ3) is 5.86. The van der Waals surface area contributed by atoms with E-state index in [1.54, 1.807) is 6.07 Å². The van der Waals surface area contributed by atoms with E-state index >= 15 is 0 Å². The van der Waals surface area contributed by atoms with E-state index in [2.05, 4.69) is 35.3 Å². The molecule has 176 valence electrons. The van der Waals surface area contributed by atoms with Crippen molar-refractivity contribution in [3.63, 3.8) is 0 Å². The fourth-order valence-electron chi connectivity index (χ4n) is 5.03. The SMILES string of the molecule is CC(Nc1cc(C2=CCN(C3CCCC(C(N)=O)C3)CC2)ccc1Cl)c1ccc(Cl)cc1Cl. The quantitative estimate of drug-likeness (QED) is 0.445. The molecule has 1 saturated carbocycles. The number of rotatable bonds is 6. The topological polar surface area (TPSA) is 58.4 Å². The molecule has 7 heteroatoms. The minimum Gasteiger partial charge on any atom is -0.377 e. The molecule has 4 rings (SSSR count). The number of carbonyl (C=O) groups is 1. The van der Waals surface area contributed by atoms with Crippen LogP contribution in [0.25, 0.3) is 5.57 Å². The maximum absolute atomic E-state index is 11.6. The Kier molecular flexibility index (Phi) is 7.91. The number of hydrogen-bond acceptors (Lipinski definition) is 3. The highest BCUT2D eigenvalue weighted by atomic mass is 35.5. The molecule has 1 amide bonds. The number of benzene rings is 2. The van der Waals surface area contributed by atoms with Crippen molar-refractivity contribution >= 4 is 52.0 Å². The van der Waals surface area contributed by atoms with E-state index in [1.807, 2.05) is 18.2 Å². The highest BCUT2D eigenvalue weighted by Gasteiger charge is 2.30. The number of primary amides is 1. The first kappa shape index (κ1) is 24.4. The van der Waals surface area contributed by atoms with E-state index in [1.165, 1.54) is 11.1 Å². The lowest BCUT2D eigenvalue weighted by Crippen LogP contribution is -2.43.